The number of rotatable bonds is 4. The second-order valence-corrected chi connectivity index (χ2v) is 6.16. The first-order chi connectivity index (χ1) is 10.9. The number of benzene rings is 1. The molecule has 2 aromatic heterocycles. The van der Waals surface area contributed by atoms with Crippen molar-refractivity contribution in [2.45, 2.75) is 25.6 Å². The Bertz CT molecular complexity index is 813. The van der Waals surface area contributed by atoms with Gasteiger partial charge in [0.25, 0.3) is 0 Å². The summed E-state index contributed by atoms with van der Waals surface area (Å²) in [6.45, 7) is 1.84. The second-order valence-electron chi connectivity index (χ2n) is 5.27. The van der Waals surface area contributed by atoms with Crippen molar-refractivity contribution < 1.29 is 13.2 Å². The number of nitrogens with zero attached hydrogens (tertiary/aromatic N) is 2. The van der Waals surface area contributed by atoms with Crippen LogP contribution >= 0.6 is 11.3 Å². The summed E-state index contributed by atoms with van der Waals surface area (Å²) in [5.74, 6) is 0.647. The summed E-state index contributed by atoms with van der Waals surface area (Å²) in [5.41, 5.74) is -0.312. The molecule has 0 spiro atoms. The molecule has 0 saturated carbocycles. The van der Waals surface area contributed by atoms with Gasteiger partial charge in [0.2, 0.25) is 0 Å². The zero-order valence-electron chi connectivity index (χ0n) is 12.3. The number of nitrogens with one attached hydrogen (secondary N) is 1. The monoisotopic (exact) mass is 337 g/mol. The standard InChI is InChI=1S/C16H14F3N3S/c1-10(8-11-4-2-3-5-13(11)16(17,18)19)22-14-12-6-7-23-15(12)21-9-20-14/h2-7,9-10H,8H2,1H3,(H,20,21,22). The lowest BCUT2D eigenvalue weighted by Gasteiger charge is -2.18. The molecule has 1 unspecified atom stereocenters. The smallest absolute Gasteiger partial charge is 0.367 e. The van der Waals surface area contributed by atoms with Crippen LogP contribution in [0.2, 0.25) is 0 Å². The molecule has 0 saturated heterocycles. The summed E-state index contributed by atoms with van der Waals surface area (Å²) in [6, 6.07) is 7.36. The third kappa shape index (κ3) is 3.44. The Kier molecular flexibility index (Phi) is 4.21. The largest absolute Gasteiger partial charge is 0.416 e. The summed E-state index contributed by atoms with van der Waals surface area (Å²) in [6.07, 6.45) is -2.63. The highest BCUT2D eigenvalue weighted by Crippen LogP contribution is 2.32. The van der Waals surface area contributed by atoms with Crippen molar-refractivity contribution in [1.82, 2.24) is 9.97 Å². The van der Waals surface area contributed by atoms with E-state index in [2.05, 4.69) is 15.3 Å². The van der Waals surface area contributed by atoms with E-state index in [-0.39, 0.29) is 18.0 Å². The van der Waals surface area contributed by atoms with Crippen LogP contribution in [0.1, 0.15) is 18.1 Å². The first kappa shape index (κ1) is 15.7. The summed E-state index contributed by atoms with van der Waals surface area (Å²) < 4.78 is 39.2. The van der Waals surface area contributed by atoms with Gasteiger partial charge in [0.05, 0.1) is 10.9 Å². The predicted molar refractivity (Wildman–Crippen MR) is 85.6 cm³/mol. The van der Waals surface area contributed by atoms with Gasteiger partial charge in [0.1, 0.15) is 17.0 Å². The van der Waals surface area contributed by atoms with E-state index >= 15 is 0 Å². The van der Waals surface area contributed by atoms with Crippen molar-refractivity contribution in [3.63, 3.8) is 0 Å². The molecule has 1 N–H and O–H groups in total. The number of fused-ring (bicyclic) bond motifs is 1. The molecule has 7 heteroatoms. The Balaban J connectivity index is 1.81. The van der Waals surface area contributed by atoms with E-state index in [4.69, 9.17) is 0 Å². The summed E-state index contributed by atoms with van der Waals surface area (Å²) in [5, 5.41) is 5.98. The van der Waals surface area contributed by atoms with E-state index in [9.17, 15) is 13.2 Å². The molecule has 0 aliphatic rings. The Hall–Kier alpha value is -2.15. The molecule has 1 aromatic carbocycles. The first-order valence-electron chi connectivity index (χ1n) is 7.05. The molecule has 3 aromatic rings. The Labute approximate surface area is 135 Å². The fourth-order valence-corrected chi connectivity index (χ4v) is 3.23. The van der Waals surface area contributed by atoms with E-state index in [1.807, 2.05) is 18.4 Å². The molecular formula is C16H14F3N3S. The van der Waals surface area contributed by atoms with Crippen LogP contribution in [-0.2, 0) is 12.6 Å². The van der Waals surface area contributed by atoms with Gasteiger partial charge < -0.3 is 5.32 Å². The number of thiophene rings is 1. The van der Waals surface area contributed by atoms with Crippen LogP contribution < -0.4 is 5.32 Å². The molecule has 0 bridgehead atoms. The minimum Gasteiger partial charge on any atom is -0.367 e. The van der Waals surface area contributed by atoms with Gasteiger partial charge >= 0.3 is 6.18 Å². The lowest BCUT2D eigenvalue weighted by molar-refractivity contribution is -0.138. The number of halogens is 3. The van der Waals surface area contributed by atoms with E-state index in [1.165, 1.54) is 29.8 Å². The highest BCUT2D eigenvalue weighted by atomic mass is 32.1. The molecule has 0 fully saturated rings. The van der Waals surface area contributed by atoms with Gasteiger partial charge in [-0.1, -0.05) is 18.2 Å². The van der Waals surface area contributed by atoms with E-state index in [0.717, 1.165) is 16.3 Å². The number of aromatic nitrogens is 2. The fraction of sp³-hybridized carbons (Fsp3) is 0.250. The van der Waals surface area contributed by atoms with Gasteiger partial charge in [-0.15, -0.1) is 11.3 Å². The minimum absolute atomic E-state index is 0.198. The van der Waals surface area contributed by atoms with Crippen LogP contribution in [0, 0.1) is 0 Å². The van der Waals surface area contributed by atoms with Gasteiger partial charge in [-0.25, -0.2) is 9.97 Å². The number of hydrogen-bond acceptors (Lipinski definition) is 4. The molecule has 0 aliphatic heterocycles. The Morgan fingerprint density at radius 2 is 1.96 bits per heavy atom. The molecule has 23 heavy (non-hydrogen) atoms. The average Bonchev–Trinajstić information content (AvgIpc) is 2.96. The van der Waals surface area contributed by atoms with E-state index in [0.29, 0.717) is 5.82 Å². The zero-order chi connectivity index (χ0) is 16.4. The van der Waals surface area contributed by atoms with E-state index < -0.39 is 11.7 Å². The second kappa shape index (κ2) is 6.16. The van der Waals surface area contributed by atoms with Crippen molar-refractivity contribution in [2.75, 3.05) is 5.32 Å². The maximum atomic E-state index is 13.1. The van der Waals surface area contributed by atoms with Gasteiger partial charge in [-0.2, -0.15) is 13.2 Å². The molecular weight excluding hydrogens is 323 g/mol. The molecule has 0 amide bonds. The topological polar surface area (TPSA) is 37.8 Å². The van der Waals surface area contributed by atoms with Gasteiger partial charge in [0.15, 0.2) is 0 Å². The molecule has 120 valence electrons. The van der Waals surface area contributed by atoms with Gasteiger partial charge in [-0.05, 0) is 36.4 Å². The average molecular weight is 337 g/mol. The highest BCUT2D eigenvalue weighted by Gasteiger charge is 2.33. The number of anilines is 1. The molecule has 3 rings (SSSR count). The van der Waals surface area contributed by atoms with Crippen LogP contribution in [0.5, 0.6) is 0 Å². The normalized spacial score (nSPS) is 13.2. The van der Waals surface area contributed by atoms with Crippen LogP contribution in [-0.4, -0.2) is 16.0 Å². The van der Waals surface area contributed by atoms with Crippen LogP contribution in [0.3, 0.4) is 0 Å². The van der Waals surface area contributed by atoms with Crippen LogP contribution in [0.4, 0.5) is 19.0 Å². The zero-order valence-corrected chi connectivity index (χ0v) is 13.1. The third-order valence-corrected chi connectivity index (χ3v) is 4.31. The molecule has 0 radical (unpaired) electrons. The molecule has 1 atom stereocenters. The SMILES string of the molecule is CC(Cc1ccccc1C(F)(F)F)Nc1ncnc2sccc12. The quantitative estimate of drug-likeness (QED) is 0.746. The van der Waals surface area contributed by atoms with Crippen molar-refractivity contribution in [3.05, 3.63) is 53.2 Å². The molecule has 2 heterocycles. The summed E-state index contributed by atoms with van der Waals surface area (Å²) >= 11 is 1.50. The maximum Gasteiger partial charge on any atom is 0.416 e. The van der Waals surface area contributed by atoms with Crippen LogP contribution in [0.25, 0.3) is 10.2 Å². The fourth-order valence-electron chi connectivity index (χ4n) is 2.49. The van der Waals surface area contributed by atoms with Crippen molar-refractivity contribution in [2.24, 2.45) is 0 Å². The summed E-state index contributed by atoms with van der Waals surface area (Å²) in [4.78, 5) is 9.20. The minimum atomic E-state index is -4.34. The van der Waals surface area contributed by atoms with E-state index in [1.54, 1.807) is 6.07 Å². The van der Waals surface area contributed by atoms with Gasteiger partial charge in [-0.3, -0.25) is 0 Å². The Morgan fingerprint density at radius 3 is 2.74 bits per heavy atom. The highest BCUT2D eigenvalue weighted by molar-refractivity contribution is 7.16. The molecule has 0 aliphatic carbocycles. The van der Waals surface area contributed by atoms with Crippen molar-refractivity contribution in [3.8, 4) is 0 Å². The van der Waals surface area contributed by atoms with Crippen molar-refractivity contribution in [1.29, 1.82) is 0 Å². The number of alkyl halides is 3. The number of hydrogen-bond donors (Lipinski definition) is 1. The lowest BCUT2D eigenvalue weighted by Crippen LogP contribution is -2.21. The van der Waals surface area contributed by atoms with Crippen LogP contribution in [0.15, 0.2) is 42.0 Å². The third-order valence-electron chi connectivity index (χ3n) is 3.49. The first-order valence-corrected chi connectivity index (χ1v) is 7.93. The molecule has 3 nitrogen and oxygen atoms in total. The maximum absolute atomic E-state index is 13.1. The predicted octanol–water partition coefficient (Wildman–Crippen LogP) is 4.75. The summed E-state index contributed by atoms with van der Waals surface area (Å²) in [7, 11) is 0. The van der Waals surface area contributed by atoms with Gasteiger partial charge in [0, 0.05) is 6.04 Å². The lowest BCUT2D eigenvalue weighted by atomic mass is 10.0. The Morgan fingerprint density at radius 1 is 1.17 bits per heavy atom. The van der Waals surface area contributed by atoms with Crippen molar-refractivity contribution >= 4 is 27.4 Å².